The van der Waals surface area contributed by atoms with E-state index in [1.807, 2.05) is 36.2 Å². The lowest BCUT2D eigenvalue weighted by atomic mass is 10.1. The molecule has 0 amide bonds. The van der Waals surface area contributed by atoms with Crippen molar-refractivity contribution in [2.75, 3.05) is 11.9 Å². The van der Waals surface area contributed by atoms with E-state index in [1.165, 1.54) is 5.56 Å². The topological polar surface area (TPSA) is 36.4 Å². The number of aliphatic hydroxyl groups is 1. The molecule has 0 fully saturated rings. The fourth-order valence-corrected chi connectivity index (χ4v) is 1.85. The SMILES string of the molecule is Cc1cccc(N(C)c2cc([C@H](C)O)ccn2)c1. The largest absolute Gasteiger partial charge is 0.389 e. The van der Waals surface area contributed by atoms with Crippen LogP contribution in [0.1, 0.15) is 24.2 Å². The summed E-state index contributed by atoms with van der Waals surface area (Å²) in [5.41, 5.74) is 3.18. The highest BCUT2D eigenvalue weighted by molar-refractivity contribution is 5.60. The number of hydrogen-bond acceptors (Lipinski definition) is 3. The summed E-state index contributed by atoms with van der Waals surface area (Å²) in [7, 11) is 1.98. The van der Waals surface area contributed by atoms with Gasteiger partial charge in [-0.2, -0.15) is 0 Å². The minimum Gasteiger partial charge on any atom is -0.389 e. The van der Waals surface area contributed by atoms with Crippen LogP contribution < -0.4 is 4.90 Å². The number of benzene rings is 1. The normalized spacial score (nSPS) is 12.2. The number of aliphatic hydroxyl groups excluding tert-OH is 1. The van der Waals surface area contributed by atoms with Gasteiger partial charge < -0.3 is 10.0 Å². The quantitative estimate of drug-likeness (QED) is 0.897. The van der Waals surface area contributed by atoms with Gasteiger partial charge in [0.25, 0.3) is 0 Å². The number of anilines is 2. The number of aromatic nitrogens is 1. The van der Waals surface area contributed by atoms with Gasteiger partial charge in [-0.1, -0.05) is 12.1 Å². The molecule has 1 atom stereocenters. The van der Waals surface area contributed by atoms with Crippen LogP contribution in [-0.4, -0.2) is 17.1 Å². The van der Waals surface area contributed by atoms with E-state index in [0.29, 0.717) is 0 Å². The van der Waals surface area contributed by atoms with Gasteiger partial charge in [0.1, 0.15) is 5.82 Å². The van der Waals surface area contributed by atoms with Crippen molar-refractivity contribution in [2.24, 2.45) is 0 Å². The Morgan fingerprint density at radius 3 is 2.67 bits per heavy atom. The predicted octanol–water partition coefficient (Wildman–Crippen LogP) is 3.21. The van der Waals surface area contributed by atoms with Crippen LogP contribution in [0.25, 0.3) is 0 Å². The van der Waals surface area contributed by atoms with E-state index in [1.54, 1.807) is 13.1 Å². The molecule has 1 aromatic heterocycles. The van der Waals surface area contributed by atoms with Crippen molar-refractivity contribution in [3.05, 3.63) is 53.7 Å². The Hall–Kier alpha value is -1.87. The first-order valence-corrected chi connectivity index (χ1v) is 6.02. The lowest BCUT2D eigenvalue weighted by Gasteiger charge is -2.19. The van der Waals surface area contributed by atoms with Crippen molar-refractivity contribution < 1.29 is 5.11 Å². The number of nitrogens with zero attached hydrogens (tertiary/aromatic N) is 2. The second-order valence-corrected chi connectivity index (χ2v) is 4.52. The fourth-order valence-electron chi connectivity index (χ4n) is 1.85. The molecular weight excluding hydrogens is 224 g/mol. The molecule has 0 saturated heterocycles. The monoisotopic (exact) mass is 242 g/mol. The molecule has 0 saturated carbocycles. The summed E-state index contributed by atoms with van der Waals surface area (Å²) in [6, 6.07) is 12.0. The van der Waals surface area contributed by atoms with Crippen LogP contribution in [0, 0.1) is 6.92 Å². The Kier molecular flexibility index (Phi) is 3.63. The fraction of sp³-hybridized carbons (Fsp3) is 0.267. The van der Waals surface area contributed by atoms with Gasteiger partial charge in [0.15, 0.2) is 0 Å². The van der Waals surface area contributed by atoms with E-state index < -0.39 is 6.10 Å². The molecule has 3 nitrogen and oxygen atoms in total. The number of hydrogen-bond donors (Lipinski definition) is 1. The third-order valence-corrected chi connectivity index (χ3v) is 2.98. The zero-order chi connectivity index (χ0) is 13.1. The molecule has 0 aliphatic rings. The Labute approximate surface area is 108 Å². The second-order valence-electron chi connectivity index (χ2n) is 4.52. The highest BCUT2D eigenvalue weighted by atomic mass is 16.3. The number of rotatable bonds is 3. The van der Waals surface area contributed by atoms with Gasteiger partial charge in [0.2, 0.25) is 0 Å². The van der Waals surface area contributed by atoms with Crippen LogP contribution in [0.4, 0.5) is 11.5 Å². The zero-order valence-electron chi connectivity index (χ0n) is 11.0. The molecule has 0 unspecified atom stereocenters. The van der Waals surface area contributed by atoms with E-state index in [2.05, 4.69) is 24.0 Å². The van der Waals surface area contributed by atoms with E-state index >= 15 is 0 Å². The average Bonchev–Trinajstić information content (AvgIpc) is 2.38. The minimum atomic E-state index is -0.474. The first kappa shape index (κ1) is 12.6. The van der Waals surface area contributed by atoms with E-state index in [0.717, 1.165) is 17.1 Å². The van der Waals surface area contributed by atoms with E-state index in [9.17, 15) is 5.11 Å². The maximum absolute atomic E-state index is 9.60. The smallest absolute Gasteiger partial charge is 0.133 e. The van der Waals surface area contributed by atoms with Gasteiger partial charge in [0.05, 0.1) is 6.10 Å². The highest BCUT2D eigenvalue weighted by Crippen LogP contribution is 2.24. The summed E-state index contributed by atoms with van der Waals surface area (Å²) in [4.78, 5) is 6.36. The van der Waals surface area contributed by atoms with Gasteiger partial charge in [-0.25, -0.2) is 4.98 Å². The summed E-state index contributed by atoms with van der Waals surface area (Å²) >= 11 is 0. The molecule has 2 aromatic rings. The Morgan fingerprint density at radius 2 is 2.00 bits per heavy atom. The van der Waals surface area contributed by atoms with Crippen LogP contribution in [0.15, 0.2) is 42.6 Å². The van der Waals surface area contributed by atoms with Crippen molar-refractivity contribution in [1.82, 2.24) is 4.98 Å². The maximum atomic E-state index is 9.60. The summed E-state index contributed by atoms with van der Waals surface area (Å²) in [5.74, 6) is 0.832. The summed E-state index contributed by atoms with van der Waals surface area (Å²) in [6.45, 7) is 3.82. The lowest BCUT2D eigenvalue weighted by molar-refractivity contribution is 0.199. The van der Waals surface area contributed by atoms with E-state index in [4.69, 9.17) is 0 Å². The maximum Gasteiger partial charge on any atom is 0.133 e. The Bertz CT molecular complexity index is 538. The summed E-state index contributed by atoms with van der Waals surface area (Å²) < 4.78 is 0. The van der Waals surface area contributed by atoms with Crippen LogP contribution in [-0.2, 0) is 0 Å². The summed E-state index contributed by atoms with van der Waals surface area (Å²) in [6.07, 6.45) is 1.25. The molecule has 2 rings (SSSR count). The molecule has 3 heteroatoms. The Balaban J connectivity index is 2.33. The number of pyridine rings is 1. The lowest BCUT2D eigenvalue weighted by Crippen LogP contribution is -2.11. The highest BCUT2D eigenvalue weighted by Gasteiger charge is 2.08. The zero-order valence-corrected chi connectivity index (χ0v) is 11.0. The van der Waals surface area contributed by atoms with Crippen molar-refractivity contribution in [3.8, 4) is 0 Å². The molecule has 0 spiro atoms. The van der Waals surface area contributed by atoms with Gasteiger partial charge >= 0.3 is 0 Å². The molecule has 0 bridgehead atoms. The summed E-state index contributed by atoms with van der Waals surface area (Å²) in [5, 5.41) is 9.60. The van der Waals surface area contributed by atoms with Gasteiger partial charge in [-0.3, -0.25) is 0 Å². The van der Waals surface area contributed by atoms with Crippen LogP contribution >= 0.6 is 0 Å². The molecule has 1 aromatic carbocycles. The van der Waals surface area contributed by atoms with E-state index in [-0.39, 0.29) is 0 Å². The molecular formula is C15H18N2O. The standard InChI is InChI=1S/C15H18N2O/c1-11-5-4-6-14(9-11)17(3)15-10-13(12(2)18)7-8-16-15/h4-10,12,18H,1-3H3/t12-/m0/s1. The van der Waals surface area contributed by atoms with Crippen molar-refractivity contribution in [3.63, 3.8) is 0 Å². The van der Waals surface area contributed by atoms with Crippen molar-refractivity contribution >= 4 is 11.5 Å². The first-order valence-electron chi connectivity index (χ1n) is 6.02. The van der Waals surface area contributed by atoms with Crippen LogP contribution in [0.2, 0.25) is 0 Å². The molecule has 94 valence electrons. The Morgan fingerprint density at radius 1 is 1.22 bits per heavy atom. The minimum absolute atomic E-state index is 0.474. The second kappa shape index (κ2) is 5.19. The molecule has 0 radical (unpaired) electrons. The molecule has 18 heavy (non-hydrogen) atoms. The average molecular weight is 242 g/mol. The van der Waals surface area contributed by atoms with Crippen LogP contribution in [0.3, 0.4) is 0 Å². The van der Waals surface area contributed by atoms with Gasteiger partial charge in [-0.15, -0.1) is 0 Å². The molecule has 0 aliphatic carbocycles. The van der Waals surface area contributed by atoms with Crippen molar-refractivity contribution in [2.45, 2.75) is 20.0 Å². The number of aryl methyl sites for hydroxylation is 1. The third kappa shape index (κ3) is 2.68. The third-order valence-electron chi connectivity index (χ3n) is 2.98. The van der Waals surface area contributed by atoms with Gasteiger partial charge in [-0.05, 0) is 49.2 Å². The van der Waals surface area contributed by atoms with Crippen LogP contribution in [0.5, 0.6) is 0 Å². The molecule has 0 aliphatic heterocycles. The molecule has 1 heterocycles. The predicted molar refractivity (Wildman–Crippen MR) is 74.1 cm³/mol. The molecule has 1 N–H and O–H groups in total. The van der Waals surface area contributed by atoms with Gasteiger partial charge in [0, 0.05) is 18.9 Å². The van der Waals surface area contributed by atoms with Crippen molar-refractivity contribution in [1.29, 1.82) is 0 Å². The first-order chi connectivity index (χ1) is 8.58.